The number of imide groups is 1. The van der Waals surface area contributed by atoms with Crippen LogP contribution in [-0.4, -0.2) is 47.8 Å². The normalized spacial score (nSPS) is 26.9. The van der Waals surface area contributed by atoms with E-state index >= 15 is 4.39 Å². The van der Waals surface area contributed by atoms with Gasteiger partial charge in [0.25, 0.3) is 0 Å². The van der Waals surface area contributed by atoms with E-state index in [1.807, 2.05) is 18.2 Å². The molecule has 1 unspecified atom stereocenters. The molecule has 2 amide bonds. The highest BCUT2D eigenvalue weighted by Gasteiger charge is 2.57. The minimum absolute atomic E-state index is 0.104. The van der Waals surface area contributed by atoms with E-state index in [1.54, 1.807) is 52.8 Å². The van der Waals surface area contributed by atoms with Crippen LogP contribution >= 0.6 is 0 Å². The van der Waals surface area contributed by atoms with Gasteiger partial charge in [0, 0.05) is 17.4 Å². The van der Waals surface area contributed by atoms with E-state index in [2.05, 4.69) is 0 Å². The van der Waals surface area contributed by atoms with Gasteiger partial charge in [-0.15, -0.1) is 4.48 Å². The van der Waals surface area contributed by atoms with Gasteiger partial charge in [0.2, 0.25) is 6.04 Å². The number of carbonyl (C=O) groups is 3. The average molecular weight is 649 g/mol. The van der Waals surface area contributed by atoms with Gasteiger partial charge in [0.1, 0.15) is 29.3 Å². The highest BCUT2D eigenvalue weighted by Crippen LogP contribution is 2.60. The molecule has 5 fully saturated rings. The van der Waals surface area contributed by atoms with Crippen molar-refractivity contribution in [2.45, 2.75) is 110 Å². The van der Waals surface area contributed by atoms with Gasteiger partial charge in [-0.05, 0) is 113 Å². The molecular formula is C39H51FNO6+. The third-order valence-corrected chi connectivity index (χ3v) is 10.9. The molecule has 0 spiro atoms. The Bertz CT molecular complexity index is 1470. The van der Waals surface area contributed by atoms with Crippen molar-refractivity contribution < 1.29 is 37.5 Å². The van der Waals surface area contributed by atoms with E-state index in [9.17, 15) is 14.4 Å². The summed E-state index contributed by atoms with van der Waals surface area (Å²) < 4.78 is 33.1. The summed E-state index contributed by atoms with van der Waals surface area (Å²) in [5.74, 6) is 0.123. The van der Waals surface area contributed by atoms with Gasteiger partial charge >= 0.3 is 18.0 Å². The first-order valence-corrected chi connectivity index (χ1v) is 17.5. The number of likely N-dealkylation sites (N-methyl/N-ethyl adjacent to an activating group) is 1. The number of amides is 2. The highest BCUT2D eigenvalue weighted by atomic mass is 19.1. The molecule has 0 radical (unpaired) electrons. The Morgan fingerprint density at radius 1 is 0.957 bits per heavy atom. The van der Waals surface area contributed by atoms with Gasteiger partial charge in [0.15, 0.2) is 0 Å². The molecule has 2 atom stereocenters. The summed E-state index contributed by atoms with van der Waals surface area (Å²) in [6, 6.07) is 10.7. The molecule has 5 saturated carbocycles. The Balaban J connectivity index is 1.32. The lowest BCUT2D eigenvalue weighted by molar-refractivity contribution is -0.778. The van der Waals surface area contributed by atoms with Gasteiger partial charge in [0.05, 0.1) is 13.7 Å². The van der Waals surface area contributed by atoms with E-state index in [0.717, 1.165) is 41.7 Å². The van der Waals surface area contributed by atoms with Gasteiger partial charge in [-0.2, -0.15) is 4.79 Å². The van der Waals surface area contributed by atoms with Crippen LogP contribution in [-0.2, 0) is 20.9 Å². The lowest BCUT2D eigenvalue weighted by atomic mass is 9.50. The molecule has 5 aliphatic rings. The van der Waals surface area contributed by atoms with Crippen molar-refractivity contribution in [1.82, 2.24) is 0 Å². The van der Waals surface area contributed by atoms with Crippen LogP contribution in [0.25, 0.3) is 0 Å². The number of ether oxygens (including phenoxy) is 3. The number of carbonyl (C=O) groups excluding carboxylic acids is 3. The quantitative estimate of drug-likeness (QED) is 0.190. The van der Waals surface area contributed by atoms with Crippen molar-refractivity contribution in [3.63, 3.8) is 0 Å². The third kappa shape index (κ3) is 6.99. The summed E-state index contributed by atoms with van der Waals surface area (Å²) in [5.41, 5.74) is 0.549. The van der Waals surface area contributed by atoms with Crippen LogP contribution < -0.4 is 4.74 Å². The Labute approximate surface area is 278 Å². The molecule has 2 aromatic carbocycles. The number of hydrogen-bond acceptors (Lipinski definition) is 6. The molecule has 0 aliphatic heterocycles. The minimum Gasteiger partial charge on any atom is -0.493 e. The second kappa shape index (κ2) is 12.6. The Morgan fingerprint density at radius 2 is 1.55 bits per heavy atom. The predicted molar refractivity (Wildman–Crippen MR) is 176 cm³/mol. The van der Waals surface area contributed by atoms with Crippen molar-refractivity contribution in [2.75, 3.05) is 13.7 Å². The van der Waals surface area contributed by atoms with Crippen molar-refractivity contribution in [2.24, 2.45) is 29.1 Å². The van der Waals surface area contributed by atoms with Gasteiger partial charge in [-0.3, -0.25) is 0 Å². The topological polar surface area (TPSA) is 78.9 Å². The standard InChI is InChI=1S/C39H51FNO6/c1-24(2)34(36(43)47-38(3,4)5)41(6,37(44)45-22-25-10-8-7-9-11-25)35(42)31-17-30(29-12-13-29)33(18-32(31)40)46-23-39-19-26-14-27(20-39)16-28(15-26)21-39/h7-11,17-18,24,26-29,34H,12-16,19-23H2,1-6H3/q+1/t26?,27?,28?,34-,39?,41?/m0/s1. The number of nitrogens with zero attached hydrogens (tertiary/aromatic N) is 1. The first-order chi connectivity index (χ1) is 22.2. The number of benzene rings is 2. The van der Waals surface area contributed by atoms with E-state index in [-0.39, 0.29) is 23.5 Å². The summed E-state index contributed by atoms with van der Waals surface area (Å²) in [6.45, 7) is 9.14. The fraction of sp³-hybridized carbons (Fsp3) is 0.615. The van der Waals surface area contributed by atoms with E-state index in [1.165, 1.54) is 51.6 Å². The number of rotatable bonds is 10. The molecule has 0 heterocycles. The second-order valence-corrected chi connectivity index (χ2v) is 16.5. The Morgan fingerprint density at radius 3 is 2.09 bits per heavy atom. The van der Waals surface area contributed by atoms with Gasteiger partial charge in [-0.1, -0.05) is 44.2 Å². The largest absolute Gasteiger partial charge is 0.524 e. The maximum atomic E-state index is 16.3. The molecule has 0 N–H and O–H groups in total. The second-order valence-electron chi connectivity index (χ2n) is 16.5. The highest BCUT2D eigenvalue weighted by molar-refractivity contribution is 5.97. The number of esters is 1. The smallest absolute Gasteiger partial charge is 0.493 e. The van der Waals surface area contributed by atoms with Crippen LogP contribution in [0.1, 0.15) is 113 Å². The number of quaternary nitrogens is 1. The van der Waals surface area contributed by atoms with E-state index in [0.29, 0.717) is 12.4 Å². The maximum Gasteiger partial charge on any atom is 0.524 e. The van der Waals surface area contributed by atoms with Crippen LogP contribution in [0, 0.1) is 34.9 Å². The molecule has 0 aromatic heterocycles. The summed E-state index contributed by atoms with van der Waals surface area (Å²) in [5, 5.41) is 0. The Kier molecular flexibility index (Phi) is 9.05. The van der Waals surface area contributed by atoms with Crippen LogP contribution in [0.4, 0.5) is 9.18 Å². The zero-order chi connectivity index (χ0) is 33.7. The SMILES string of the molecule is CC(C)[C@@H](C(=O)OC(C)(C)C)[N+](C)(C(=O)OCc1ccccc1)C(=O)c1cc(C2CC2)c(OCC23CC4CC(CC(C4)C2)C3)cc1F. The first-order valence-electron chi connectivity index (χ1n) is 17.5. The molecule has 7 rings (SSSR count). The molecule has 7 nitrogen and oxygen atoms in total. The third-order valence-electron chi connectivity index (χ3n) is 10.9. The first kappa shape index (κ1) is 33.6. The minimum atomic E-state index is -1.28. The summed E-state index contributed by atoms with van der Waals surface area (Å²) in [4.78, 5) is 42.4. The number of halogens is 1. The summed E-state index contributed by atoms with van der Waals surface area (Å²) in [7, 11) is 1.35. The van der Waals surface area contributed by atoms with Crippen LogP contribution in [0.15, 0.2) is 42.5 Å². The van der Waals surface area contributed by atoms with E-state index < -0.39 is 45.8 Å². The zero-order valence-corrected chi connectivity index (χ0v) is 28.9. The molecular weight excluding hydrogens is 597 g/mol. The summed E-state index contributed by atoms with van der Waals surface area (Å²) >= 11 is 0. The molecule has 5 aliphatic carbocycles. The average Bonchev–Trinajstić information content (AvgIpc) is 3.83. The molecule has 8 heteroatoms. The predicted octanol–water partition coefficient (Wildman–Crippen LogP) is 8.59. The lowest BCUT2D eigenvalue weighted by Gasteiger charge is -2.56. The van der Waals surface area contributed by atoms with Crippen LogP contribution in [0.5, 0.6) is 5.75 Å². The molecule has 2 aromatic rings. The Hall–Kier alpha value is -3.26. The van der Waals surface area contributed by atoms with Crippen molar-refractivity contribution in [1.29, 1.82) is 0 Å². The maximum absolute atomic E-state index is 16.3. The fourth-order valence-corrected chi connectivity index (χ4v) is 9.14. The van der Waals surface area contributed by atoms with Crippen molar-refractivity contribution in [3.05, 3.63) is 65.0 Å². The number of hydrogen-bond donors (Lipinski definition) is 0. The lowest BCUT2D eigenvalue weighted by Crippen LogP contribution is -2.65. The molecule has 47 heavy (non-hydrogen) atoms. The summed E-state index contributed by atoms with van der Waals surface area (Å²) in [6.07, 6.45) is 8.45. The molecule has 254 valence electrons. The molecule has 4 bridgehead atoms. The van der Waals surface area contributed by atoms with Crippen molar-refractivity contribution >= 4 is 18.0 Å². The van der Waals surface area contributed by atoms with Crippen molar-refractivity contribution in [3.8, 4) is 5.75 Å². The van der Waals surface area contributed by atoms with Crippen LogP contribution in [0.3, 0.4) is 0 Å². The van der Waals surface area contributed by atoms with E-state index in [4.69, 9.17) is 14.2 Å². The van der Waals surface area contributed by atoms with Gasteiger partial charge in [-0.25, -0.2) is 14.0 Å². The van der Waals surface area contributed by atoms with Gasteiger partial charge < -0.3 is 14.2 Å². The fourth-order valence-electron chi connectivity index (χ4n) is 9.14. The molecule has 0 saturated heterocycles. The monoisotopic (exact) mass is 648 g/mol. The zero-order valence-electron chi connectivity index (χ0n) is 28.9. The van der Waals surface area contributed by atoms with Crippen LogP contribution in [0.2, 0.25) is 0 Å².